The fourth-order valence-electron chi connectivity index (χ4n) is 2.27. The van der Waals surface area contributed by atoms with E-state index in [1.54, 1.807) is 24.3 Å². The molecule has 1 aromatic heterocycles. The number of benzene rings is 1. The molecular weight excluding hydrogens is 328 g/mol. The van der Waals surface area contributed by atoms with Gasteiger partial charge in [0, 0.05) is 0 Å². The van der Waals surface area contributed by atoms with Gasteiger partial charge in [-0.3, -0.25) is 0 Å². The molecule has 2 rings (SSSR count). The molecule has 23 heavy (non-hydrogen) atoms. The molecule has 0 N–H and O–H groups in total. The SMILES string of the molecule is CCCCn1c(C(F)(F)F)[n+](C)c2ccccc21.F[B-](F)(F)F. The summed E-state index contributed by atoms with van der Waals surface area (Å²) in [6.45, 7) is 2.37. The second-order valence-electron chi connectivity index (χ2n) is 4.87. The van der Waals surface area contributed by atoms with Crippen LogP contribution in [0.4, 0.5) is 30.4 Å². The summed E-state index contributed by atoms with van der Waals surface area (Å²) in [5, 5.41) is 0. The van der Waals surface area contributed by atoms with E-state index in [4.69, 9.17) is 0 Å². The summed E-state index contributed by atoms with van der Waals surface area (Å²) >= 11 is 0. The number of hydrogen-bond acceptors (Lipinski definition) is 0. The zero-order chi connectivity index (χ0) is 17.8. The van der Waals surface area contributed by atoms with Crippen LogP contribution in [0.5, 0.6) is 0 Å². The number of alkyl halides is 3. The lowest BCUT2D eigenvalue weighted by Crippen LogP contribution is -2.38. The first-order valence-electron chi connectivity index (χ1n) is 6.88. The monoisotopic (exact) mass is 344 g/mol. The van der Waals surface area contributed by atoms with Crippen molar-refractivity contribution in [1.82, 2.24) is 4.57 Å². The van der Waals surface area contributed by atoms with E-state index in [2.05, 4.69) is 0 Å². The van der Waals surface area contributed by atoms with Gasteiger partial charge in [0.05, 0.1) is 13.6 Å². The number of aryl methyl sites for hydroxylation is 2. The lowest BCUT2D eigenvalue weighted by molar-refractivity contribution is -0.667. The zero-order valence-electron chi connectivity index (χ0n) is 12.5. The highest BCUT2D eigenvalue weighted by molar-refractivity contribution is 6.50. The number of imidazole rings is 1. The van der Waals surface area contributed by atoms with Gasteiger partial charge < -0.3 is 17.3 Å². The third-order valence-electron chi connectivity index (χ3n) is 3.10. The molecule has 0 saturated carbocycles. The van der Waals surface area contributed by atoms with Crippen molar-refractivity contribution < 1.29 is 35.0 Å². The third-order valence-corrected chi connectivity index (χ3v) is 3.10. The molecule has 0 radical (unpaired) electrons. The Bertz CT molecular complexity index is 640. The standard InChI is InChI=1S/C13H16F3N2.BF4/c1-3-4-9-18-11-8-6-5-7-10(11)17(2)12(18)13(14,15)16;2-1(3,4)5/h5-8H,3-4,9H2,1-2H3;/q+1;-1. The van der Waals surface area contributed by atoms with Gasteiger partial charge in [-0.2, -0.15) is 13.2 Å². The summed E-state index contributed by atoms with van der Waals surface area (Å²) in [6, 6.07) is 6.98. The predicted octanol–water partition coefficient (Wildman–Crippen LogP) is 4.58. The Kier molecular flexibility index (Phi) is 6.07. The average Bonchev–Trinajstić information content (AvgIpc) is 2.68. The number of halogens is 7. The maximum Gasteiger partial charge on any atom is 0.673 e. The summed E-state index contributed by atoms with van der Waals surface area (Å²) in [7, 11) is -4.53. The fourth-order valence-corrected chi connectivity index (χ4v) is 2.27. The molecule has 0 spiro atoms. The molecule has 1 aromatic carbocycles. The van der Waals surface area contributed by atoms with E-state index in [0.29, 0.717) is 17.6 Å². The van der Waals surface area contributed by atoms with Gasteiger partial charge in [-0.1, -0.05) is 25.5 Å². The Balaban J connectivity index is 0.000000463. The van der Waals surface area contributed by atoms with Crippen LogP contribution >= 0.6 is 0 Å². The van der Waals surface area contributed by atoms with Crippen LogP contribution in [0.25, 0.3) is 11.0 Å². The van der Waals surface area contributed by atoms with Gasteiger partial charge in [0.1, 0.15) is 0 Å². The van der Waals surface area contributed by atoms with Crippen LogP contribution < -0.4 is 4.57 Å². The van der Waals surface area contributed by atoms with Crippen molar-refractivity contribution in [3.05, 3.63) is 30.1 Å². The molecule has 0 saturated heterocycles. The fraction of sp³-hybridized carbons (Fsp3) is 0.462. The summed E-state index contributed by atoms with van der Waals surface area (Å²) in [6.07, 6.45) is -2.73. The minimum Gasteiger partial charge on any atom is -0.418 e. The van der Waals surface area contributed by atoms with Crippen molar-refractivity contribution in [2.45, 2.75) is 32.5 Å². The van der Waals surface area contributed by atoms with Crippen molar-refractivity contribution in [3.8, 4) is 0 Å². The third kappa shape index (κ3) is 5.44. The second kappa shape index (κ2) is 7.22. The summed E-state index contributed by atoms with van der Waals surface area (Å²) in [5.41, 5.74) is 1.25. The van der Waals surface area contributed by atoms with E-state index in [1.807, 2.05) is 6.92 Å². The first-order chi connectivity index (χ1) is 10.5. The van der Waals surface area contributed by atoms with Crippen LogP contribution in [0, 0.1) is 0 Å². The Morgan fingerprint density at radius 3 is 2.09 bits per heavy atom. The van der Waals surface area contributed by atoms with Crippen LogP contribution in [0.15, 0.2) is 24.3 Å². The lowest BCUT2D eigenvalue weighted by atomic mass is 10.3. The van der Waals surface area contributed by atoms with Crippen LogP contribution in [0.3, 0.4) is 0 Å². The summed E-state index contributed by atoms with van der Waals surface area (Å²) < 4.78 is 81.0. The number of rotatable bonds is 3. The number of fused-ring (bicyclic) bond motifs is 1. The Morgan fingerprint density at radius 1 is 1.09 bits per heavy atom. The molecule has 0 amide bonds. The predicted molar refractivity (Wildman–Crippen MR) is 73.2 cm³/mol. The Labute approximate surface area is 128 Å². The Hall–Kier alpha value is -1.74. The number of aromatic nitrogens is 2. The molecule has 0 fully saturated rings. The molecule has 0 atom stereocenters. The highest BCUT2D eigenvalue weighted by Crippen LogP contribution is 2.30. The van der Waals surface area contributed by atoms with Crippen molar-refractivity contribution in [2.24, 2.45) is 7.05 Å². The number of hydrogen-bond donors (Lipinski definition) is 0. The van der Waals surface area contributed by atoms with Crippen LogP contribution in [-0.4, -0.2) is 11.8 Å². The maximum atomic E-state index is 13.1. The minimum absolute atomic E-state index is 0.396. The van der Waals surface area contributed by atoms with Crippen LogP contribution in [0.2, 0.25) is 0 Å². The summed E-state index contributed by atoms with van der Waals surface area (Å²) in [4.78, 5) is 0. The Morgan fingerprint density at radius 2 is 1.61 bits per heavy atom. The van der Waals surface area contributed by atoms with Gasteiger partial charge in [-0.15, -0.1) is 0 Å². The van der Waals surface area contributed by atoms with E-state index in [-0.39, 0.29) is 0 Å². The number of nitrogens with zero attached hydrogens (tertiary/aromatic N) is 2. The minimum atomic E-state index is -6.00. The topological polar surface area (TPSA) is 8.81 Å². The van der Waals surface area contributed by atoms with Crippen LogP contribution in [-0.2, 0) is 19.8 Å². The quantitative estimate of drug-likeness (QED) is 0.438. The van der Waals surface area contributed by atoms with E-state index < -0.39 is 19.3 Å². The molecule has 2 aromatic rings. The first kappa shape index (κ1) is 19.3. The molecule has 130 valence electrons. The number of para-hydroxylation sites is 2. The lowest BCUT2D eigenvalue weighted by Gasteiger charge is -2.05. The van der Waals surface area contributed by atoms with E-state index in [0.717, 1.165) is 12.8 Å². The smallest absolute Gasteiger partial charge is 0.418 e. The molecule has 0 aliphatic heterocycles. The normalized spacial score (nSPS) is 12.2. The molecule has 0 unspecified atom stereocenters. The molecule has 0 bridgehead atoms. The summed E-state index contributed by atoms with van der Waals surface area (Å²) in [5.74, 6) is -0.586. The molecular formula is C13H16BF7N2. The zero-order valence-corrected chi connectivity index (χ0v) is 12.5. The van der Waals surface area contributed by atoms with Gasteiger partial charge >= 0.3 is 19.3 Å². The molecule has 10 heteroatoms. The second-order valence-corrected chi connectivity index (χ2v) is 4.87. The van der Waals surface area contributed by atoms with Gasteiger partial charge in [0.15, 0.2) is 11.0 Å². The average molecular weight is 344 g/mol. The van der Waals surface area contributed by atoms with E-state index in [9.17, 15) is 30.4 Å². The van der Waals surface area contributed by atoms with Gasteiger partial charge in [-0.05, 0) is 18.6 Å². The maximum absolute atomic E-state index is 13.1. The van der Waals surface area contributed by atoms with Gasteiger partial charge in [0.2, 0.25) is 0 Å². The van der Waals surface area contributed by atoms with Gasteiger partial charge in [0.25, 0.3) is 0 Å². The molecule has 0 aliphatic carbocycles. The van der Waals surface area contributed by atoms with Crippen molar-refractivity contribution in [3.63, 3.8) is 0 Å². The van der Waals surface area contributed by atoms with Crippen LogP contribution in [0.1, 0.15) is 25.6 Å². The largest absolute Gasteiger partial charge is 0.673 e. The molecule has 1 heterocycles. The molecule has 2 nitrogen and oxygen atoms in total. The van der Waals surface area contributed by atoms with Crippen molar-refractivity contribution in [1.29, 1.82) is 0 Å². The van der Waals surface area contributed by atoms with Crippen molar-refractivity contribution in [2.75, 3.05) is 0 Å². The van der Waals surface area contributed by atoms with E-state index in [1.165, 1.54) is 16.2 Å². The highest BCUT2D eigenvalue weighted by Gasteiger charge is 2.45. The highest BCUT2D eigenvalue weighted by atomic mass is 19.5. The van der Waals surface area contributed by atoms with E-state index >= 15 is 0 Å². The first-order valence-corrected chi connectivity index (χ1v) is 6.88. The van der Waals surface area contributed by atoms with Gasteiger partial charge in [-0.25, -0.2) is 9.13 Å². The molecule has 0 aliphatic rings. The number of unbranched alkanes of at least 4 members (excludes halogenated alkanes) is 1. The van der Waals surface area contributed by atoms with Crippen molar-refractivity contribution >= 4 is 18.3 Å².